The van der Waals surface area contributed by atoms with E-state index in [0.29, 0.717) is 6.61 Å². The van der Waals surface area contributed by atoms with Crippen molar-refractivity contribution in [1.29, 1.82) is 0 Å². The molecule has 54 valence electrons. The fraction of sp³-hybridized carbons (Fsp3) is 0.600. The van der Waals surface area contributed by atoms with Crippen molar-refractivity contribution in [3.63, 3.8) is 0 Å². The SMILES string of the molecule is C=C(C)C(CO[SiH3])O[SiH3]. The fourth-order valence-corrected chi connectivity index (χ4v) is 1.40. The number of hydrogen-bond acceptors (Lipinski definition) is 2. The van der Waals surface area contributed by atoms with Gasteiger partial charge in [0, 0.05) is 0 Å². The normalized spacial score (nSPS) is 13.9. The summed E-state index contributed by atoms with van der Waals surface area (Å²) in [5.41, 5.74) is 1.06. The molecule has 0 saturated carbocycles. The lowest BCUT2D eigenvalue weighted by molar-refractivity contribution is 0.175. The van der Waals surface area contributed by atoms with Gasteiger partial charge >= 0.3 is 0 Å². The summed E-state index contributed by atoms with van der Waals surface area (Å²) in [6, 6.07) is 0. The van der Waals surface area contributed by atoms with Crippen LogP contribution in [-0.4, -0.2) is 33.7 Å². The standard InChI is InChI=1S/C5H14O2Si2/c1-4(2)5(7-9)3-6-8/h5H,1,3H2,2,8-9H3. The Balaban J connectivity index is 3.54. The quantitative estimate of drug-likeness (QED) is 0.371. The van der Waals surface area contributed by atoms with Crippen molar-refractivity contribution in [3.05, 3.63) is 12.2 Å². The molecule has 0 saturated heterocycles. The van der Waals surface area contributed by atoms with E-state index >= 15 is 0 Å². The molecule has 0 bridgehead atoms. The summed E-state index contributed by atoms with van der Waals surface area (Å²) < 4.78 is 10.2. The Bertz CT molecular complexity index is 95.0. The highest BCUT2D eigenvalue weighted by Crippen LogP contribution is 2.00. The molecule has 2 nitrogen and oxygen atoms in total. The maximum Gasteiger partial charge on any atom is 0.146 e. The molecule has 0 aromatic heterocycles. The molecule has 0 fully saturated rings. The first-order chi connectivity index (χ1) is 4.22. The van der Waals surface area contributed by atoms with Gasteiger partial charge < -0.3 is 8.85 Å². The van der Waals surface area contributed by atoms with Gasteiger partial charge in [0.15, 0.2) is 0 Å². The lowest BCUT2D eigenvalue weighted by atomic mass is 10.2. The molecule has 0 spiro atoms. The van der Waals surface area contributed by atoms with Gasteiger partial charge in [0.05, 0.1) is 12.7 Å². The summed E-state index contributed by atoms with van der Waals surface area (Å²) in [6.45, 7) is 6.42. The minimum atomic E-state index is 0.147. The van der Waals surface area contributed by atoms with E-state index in [1.165, 1.54) is 0 Å². The topological polar surface area (TPSA) is 18.5 Å². The lowest BCUT2D eigenvalue weighted by Gasteiger charge is -2.14. The monoisotopic (exact) mass is 162 g/mol. The van der Waals surface area contributed by atoms with Crippen LogP contribution >= 0.6 is 0 Å². The predicted octanol–water partition coefficient (Wildman–Crippen LogP) is -1.47. The first-order valence-corrected chi connectivity index (χ1v) is 4.52. The molecular formula is C5H14O2Si2. The Kier molecular flexibility index (Phi) is 4.98. The van der Waals surface area contributed by atoms with Crippen LogP contribution in [0.2, 0.25) is 0 Å². The molecule has 0 rings (SSSR count). The van der Waals surface area contributed by atoms with Crippen LogP contribution < -0.4 is 0 Å². The molecule has 0 aliphatic rings. The van der Waals surface area contributed by atoms with Gasteiger partial charge in [-0.05, 0) is 6.92 Å². The van der Waals surface area contributed by atoms with Crippen LogP contribution in [0.4, 0.5) is 0 Å². The van der Waals surface area contributed by atoms with Gasteiger partial charge in [-0.15, -0.1) is 0 Å². The Hall–Kier alpha value is 0.0938. The van der Waals surface area contributed by atoms with Crippen LogP contribution in [0, 0.1) is 0 Å². The van der Waals surface area contributed by atoms with Crippen molar-refractivity contribution in [2.45, 2.75) is 13.0 Å². The zero-order chi connectivity index (χ0) is 7.28. The highest BCUT2D eigenvalue weighted by molar-refractivity contribution is 5.98. The van der Waals surface area contributed by atoms with Crippen LogP contribution in [0.25, 0.3) is 0 Å². The van der Waals surface area contributed by atoms with Crippen molar-refractivity contribution in [3.8, 4) is 0 Å². The van der Waals surface area contributed by atoms with Gasteiger partial charge in [0.1, 0.15) is 21.0 Å². The second-order valence-corrected chi connectivity index (χ2v) is 3.07. The van der Waals surface area contributed by atoms with Crippen LogP contribution in [0.1, 0.15) is 6.92 Å². The Morgan fingerprint density at radius 2 is 2.22 bits per heavy atom. The average Bonchev–Trinajstić information content (AvgIpc) is 1.82. The Morgan fingerprint density at radius 3 is 2.33 bits per heavy atom. The van der Waals surface area contributed by atoms with Crippen molar-refractivity contribution < 1.29 is 8.85 Å². The largest absolute Gasteiger partial charge is 0.425 e. The molecule has 0 aromatic rings. The third-order valence-electron chi connectivity index (χ3n) is 1.15. The molecule has 0 aromatic carbocycles. The van der Waals surface area contributed by atoms with Gasteiger partial charge in [0.25, 0.3) is 0 Å². The van der Waals surface area contributed by atoms with E-state index in [9.17, 15) is 0 Å². The summed E-state index contributed by atoms with van der Waals surface area (Å²) in [6.07, 6.45) is 0.147. The number of rotatable bonds is 4. The second-order valence-electron chi connectivity index (χ2n) is 2.03. The zero-order valence-corrected chi connectivity index (χ0v) is 10.3. The predicted molar refractivity (Wildman–Crippen MR) is 45.5 cm³/mol. The summed E-state index contributed by atoms with van der Waals surface area (Å²) in [5, 5.41) is 0. The van der Waals surface area contributed by atoms with Gasteiger partial charge in [-0.1, -0.05) is 12.2 Å². The summed E-state index contributed by atoms with van der Waals surface area (Å²) in [4.78, 5) is 0. The van der Waals surface area contributed by atoms with E-state index < -0.39 is 0 Å². The molecular weight excluding hydrogens is 148 g/mol. The van der Waals surface area contributed by atoms with Gasteiger partial charge in [-0.25, -0.2) is 0 Å². The van der Waals surface area contributed by atoms with E-state index in [2.05, 4.69) is 6.58 Å². The highest BCUT2D eigenvalue weighted by atomic mass is 28.2. The number of hydrogen-bond donors (Lipinski definition) is 0. The molecule has 9 heavy (non-hydrogen) atoms. The minimum absolute atomic E-state index is 0.147. The van der Waals surface area contributed by atoms with Crippen molar-refractivity contribution in [2.24, 2.45) is 0 Å². The average molecular weight is 162 g/mol. The van der Waals surface area contributed by atoms with Crippen LogP contribution in [0.15, 0.2) is 12.2 Å². The minimum Gasteiger partial charge on any atom is -0.425 e. The molecule has 0 aliphatic carbocycles. The third-order valence-corrected chi connectivity index (χ3v) is 2.05. The molecule has 0 radical (unpaired) electrons. The summed E-state index contributed by atoms with van der Waals surface area (Å²) in [5.74, 6) is 0. The van der Waals surface area contributed by atoms with Crippen LogP contribution in [0.5, 0.6) is 0 Å². The van der Waals surface area contributed by atoms with Gasteiger partial charge in [-0.2, -0.15) is 0 Å². The second kappa shape index (κ2) is 4.93. The van der Waals surface area contributed by atoms with E-state index in [4.69, 9.17) is 8.85 Å². The lowest BCUT2D eigenvalue weighted by Crippen LogP contribution is -2.18. The maximum absolute atomic E-state index is 5.19. The van der Waals surface area contributed by atoms with Crippen molar-refractivity contribution in [1.82, 2.24) is 0 Å². The molecule has 1 atom stereocenters. The maximum atomic E-state index is 5.19. The van der Waals surface area contributed by atoms with Crippen molar-refractivity contribution in [2.75, 3.05) is 6.61 Å². The highest BCUT2D eigenvalue weighted by Gasteiger charge is 2.03. The van der Waals surface area contributed by atoms with Crippen LogP contribution in [-0.2, 0) is 8.85 Å². The smallest absolute Gasteiger partial charge is 0.146 e. The van der Waals surface area contributed by atoms with Gasteiger partial charge in [-0.3, -0.25) is 0 Å². The van der Waals surface area contributed by atoms with E-state index in [1.54, 1.807) is 0 Å². The van der Waals surface area contributed by atoms with E-state index in [-0.39, 0.29) is 6.10 Å². The molecule has 0 N–H and O–H groups in total. The van der Waals surface area contributed by atoms with Crippen LogP contribution in [0.3, 0.4) is 0 Å². The summed E-state index contributed by atoms with van der Waals surface area (Å²) in [7, 11) is 1.54. The first kappa shape index (κ1) is 9.09. The molecule has 0 heterocycles. The van der Waals surface area contributed by atoms with Crippen molar-refractivity contribution >= 4 is 21.0 Å². The third kappa shape index (κ3) is 3.63. The molecule has 1 unspecified atom stereocenters. The van der Waals surface area contributed by atoms with Gasteiger partial charge in [0.2, 0.25) is 0 Å². The van der Waals surface area contributed by atoms with E-state index in [1.807, 2.05) is 6.92 Å². The fourth-order valence-electron chi connectivity index (χ4n) is 0.563. The zero-order valence-electron chi connectivity index (χ0n) is 6.31. The van der Waals surface area contributed by atoms with E-state index in [0.717, 1.165) is 26.5 Å². The molecule has 0 aliphatic heterocycles. The Morgan fingerprint density at radius 1 is 1.67 bits per heavy atom. The first-order valence-electron chi connectivity index (χ1n) is 2.89. The Labute approximate surface area is 62.3 Å². The summed E-state index contributed by atoms with van der Waals surface area (Å²) >= 11 is 0. The molecule has 0 amide bonds. The molecule has 4 heteroatoms.